The lowest BCUT2D eigenvalue weighted by atomic mass is 10.1. The second kappa shape index (κ2) is 7.55. The van der Waals surface area contributed by atoms with E-state index in [1.54, 1.807) is 22.7 Å². The number of aromatic nitrogens is 3. The maximum Gasteiger partial charge on any atom is 0.158 e. The Kier molecular flexibility index (Phi) is 4.73. The normalized spacial score (nSPS) is 11.2. The van der Waals surface area contributed by atoms with E-state index < -0.39 is 0 Å². The predicted molar refractivity (Wildman–Crippen MR) is 128 cm³/mol. The van der Waals surface area contributed by atoms with Crippen LogP contribution in [0.5, 0.6) is 0 Å². The summed E-state index contributed by atoms with van der Waals surface area (Å²) in [6, 6.07) is 16.5. The van der Waals surface area contributed by atoms with E-state index in [-0.39, 0.29) is 0 Å². The van der Waals surface area contributed by atoms with Gasteiger partial charge in [0, 0.05) is 22.2 Å². The quantitative estimate of drug-likeness (QED) is 0.437. The molecule has 0 saturated heterocycles. The molecule has 0 atom stereocenters. The summed E-state index contributed by atoms with van der Waals surface area (Å²) < 4.78 is 1.90. The average Bonchev–Trinajstić information content (AvgIpc) is 3.45. The van der Waals surface area contributed by atoms with Crippen LogP contribution >= 0.6 is 22.7 Å². The number of nitrogens with one attached hydrogen (secondary N) is 1. The van der Waals surface area contributed by atoms with Crippen LogP contribution in [0.4, 0.5) is 5.82 Å². The first-order chi connectivity index (χ1) is 14.6. The number of thiophene rings is 2. The Labute approximate surface area is 182 Å². The van der Waals surface area contributed by atoms with Crippen molar-refractivity contribution in [3.63, 3.8) is 0 Å². The van der Waals surface area contributed by atoms with Crippen molar-refractivity contribution in [2.75, 3.05) is 5.43 Å². The lowest BCUT2D eigenvalue weighted by Gasteiger charge is -2.12. The van der Waals surface area contributed by atoms with Crippen molar-refractivity contribution < 1.29 is 0 Å². The fraction of sp³-hybridized carbons (Fsp3) is 0.0833. The number of benzene rings is 1. The highest BCUT2D eigenvalue weighted by molar-refractivity contribution is 7.18. The monoisotopic (exact) mass is 428 g/mol. The molecule has 0 aliphatic carbocycles. The molecule has 0 radical (unpaired) electrons. The SMILES string of the molecule is C=c1cc(C)c(=C)n1Nc1nc(Cc2ccccc2)nc2scc(-c3cccs3)c12. The van der Waals surface area contributed by atoms with Crippen molar-refractivity contribution in [2.45, 2.75) is 13.3 Å². The second-order valence-electron chi connectivity index (χ2n) is 7.17. The molecule has 6 heteroatoms. The number of anilines is 1. The van der Waals surface area contributed by atoms with Crippen LogP contribution in [0.3, 0.4) is 0 Å². The number of rotatable bonds is 5. The Morgan fingerprint density at radius 1 is 1.03 bits per heavy atom. The molecule has 4 aromatic heterocycles. The molecule has 5 aromatic rings. The van der Waals surface area contributed by atoms with Gasteiger partial charge in [-0.25, -0.2) is 9.97 Å². The van der Waals surface area contributed by atoms with Gasteiger partial charge in [-0.2, -0.15) is 0 Å². The van der Waals surface area contributed by atoms with Crippen LogP contribution in [-0.4, -0.2) is 14.6 Å². The summed E-state index contributed by atoms with van der Waals surface area (Å²) in [6.45, 7) is 10.4. The standard InChI is InChI=1S/C24H20N4S2/c1-15-12-16(2)28(17(15)3)27-23-22-19(20-10-7-11-29-20)14-30-24(22)26-21(25-23)13-18-8-5-4-6-9-18/h4-12,14H,2-3,13H2,1H3,(H,25,26,27). The van der Waals surface area contributed by atoms with Crippen LogP contribution in [0, 0.1) is 6.92 Å². The van der Waals surface area contributed by atoms with Crippen LogP contribution < -0.4 is 16.1 Å². The average molecular weight is 429 g/mol. The molecule has 148 valence electrons. The molecule has 1 N–H and O–H groups in total. The van der Waals surface area contributed by atoms with Crippen LogP contribution in [0.2, 0.25) is 0 Å². The summed E-state index contributed by atoms with van der Waals surface area (Å²) in [5.41, 5.74) is 6.90. The van der Waals surface area contributed by atoms with Crippen molar-refractivity contribution in [3.05, 3.63) is 86.9 Å². The Balaban J connectivity index is 1.69. The third-order valence-corrected chi connectivity index (χ3v) is 6.86. The zero-order chi connectivity index (χ0) is 20.7. The molecule has 1 aromatic carbocycles. The summed E-state index contributed by atoms with van der Waals surface area (Å²) in [5, 5.41) is 7.02. The maximum absolute atomic E-state index is 4.94. The van der Waals surface area contributed by atoms with Crippen molar-refractivity contribution in [3.8, 4) is 10.4 Å². The minimum absolute atomic E-state index is 0.677. The Morgan fingerprint density at radius 2 is 1.87 bits per heavy atom. The number of hydrogen-bond acceptors (Lipinski definition) is 5. The first-order valence-electron chi connectivity index (χ1n) is 9.59. The van der Waals surface area contributed by atoms with Gasteiger partial charge in [0.15, 0.2) is 5.82 Å². The summed E-state index contributed by atoms with van der Waals surface area (Å²) >= 11 is 3.37. The Hall–Kier alpha value is -3.22. The largest absolute Gasteiger partial charge is 0.276 e. The highest BCUT2D eigenvalue weighted by Crippen LogP contribution is 2.39. The molecule has 4 nitrogen and oxygen atoms in total. The lowest BCUT2D eigenvalue weighted by Crippen LogP contribution is -2.32. The number of aryl methyl sites for hydroxylation is 1. The molecule has 0 aliphatic rings. The molecule has 0 spiro atoms. The summed E-state index contributed by atoms with van der Waals surface area (Å²) in [6.07, 6.45) is 0.677. The van der Waals surface area contributed by atoms with Gasteiger partial charge in [0.05, 0.1) is 16.1 Å². The van der Waals surface area contributed by atoms with Crippen LogP contribution in [0.25, 0.3) is 33.8 Å². The highest BCUT2D eigenvalue weighted by Gasteiger charge is 2.17. The van der Waals surface area contributed by atoms with Gasteiger partial charge in [0.1, 0.15) is 10.7 Å². The van der Waals surface area contributed by atoms with Gasteiger partial charge in [-0.3, -0.25) is 10.1 Å². The minimum atomic E-state index is 0.677. The molecule has 4 heterocycles. The fourth-order valence-electron chi connectivity index (χ4n) is 3.53. The molecule has 0 amide bonds. The van der Waals surface area contributed by atoms with Gasteiger partial charge in [-0.15, -0.1) is 22.7 Å². The fourth-order valence-corrected chi connectivity index (χ4v) is 5.31. The zero-order valence-corrected chi connectivity index (χ0v) is 18.2. The van der Waals surface area contributed by atoms with E-state index in [0.29, 0.717) is 6.42 Å². The molecule has 5 rings (SSSR count). The molecule has 0 aliphatic heterocycles. The van der Waals surface area contributed by atoms with Gasteiger partial charge in [0.25, 0.3) is 0 Å². The summed E-state index contributed by atoms with van der Waals surface area (Å²) in [5.74, 6) is 1.57. The van der Waals surface area contributed by atoms with E-state index >= 15 is 0 Å². The van der Waals surface area contributed by atoms with Crippen LogP contribution in [0.1, 0.15) is 17.0 Å². The maximum atomic E-state index is 4.94. The minimum Gasteiger partial charge on any atom is -0.276 e. The predicted octanol–water partition coefficient (Wildman–Crippen LogP) is 4.82. The van der Waals surface area contributed by atoms with Crippen molar-refractivity contribution in [1.82, 2.24) is 14.6 Å². The zero-order valence-electron chi connectivity index (χ0n) is 16.6. The topological polar surface area (TPSA) is 42.7 Å². The molecule has 0 bridgehead atoms. The molecular formula is C24H20N4S2. The molecule has 30 heavy (non-hydrogen) atoms. The van der Waals surface area contributed by atoms with E-state index in [0.717, 1.165) is 43.7 Å². The lowest BCUT2D eigenvalue weighted by molar-refractivity contribution is 0.879. The first kappa shape index (κ1) is 18.8. The number of hydrogen-bond donors (Lipinski definition) is 1. The summed E-state index contributed by atoms with van der Waals surface area (Å²) in [4.78, 5) is 12.0. The van der Waals surface area contributed by atoms with Crippen LogP contribution in [0.15, 0.2) is 59.3 Å². The van der Waals surface area contributed by atoms with E-state index in [4.69, 9.17) is 9.97 Å². The van der Waals surface area contributed by atoms with Crippen molar-refractivity contribution in [1.29, 1.82) is 0 Å². The van der Waals surface area contributed by atoms with E-state index in [1.807, 2.05) is 35.9 Å². The third kappa shape index (κ3) is 3.34. The molecule has 0 saturated carbocycles. The Morgan fingerprint density at radius 3 is 2.57 bits per heavy atom. The van der Waals surface area contributed by atoms with Gasteiger partial charge >= 0.3 is 0 Å². The Bertz CT molecular complexity index is 1430. The van der Waals surface area contributed by atoms with Gasteiger partial charge < -0.3 is 0 Å². The van der Waals surface area contributed by atoms with E-state index in [2.05, 4.69) is 53.6 Å². The summed E-state index contributed by atoms with van der Waals surface area (Å²) in [7, 11) is 0. The number of fused-ring (bicyclic) bond motifs is 1. The second-order valence-corrected chi connectivity index (χ2v) is 8.98. The smallest absolute Gasteiger partial charge is 0.158 e. The molecular weight excluding hydrogens is 408 g/mol. The van der Waals surface area contributed by atoms with Crippen molar-refractivity contribution >= 4 is 51.9 Å². The molecule has 0 unspecified atom stereocenters. The first-order valence-corrected chi connectivity index (χ1v) is 11.4. The van der Waals surface area contributed by atoms with E-state index in [9.17, 15) is 0 Å². The molecule has 0 fully saturated rings. The number of nitrogens with zero attached hydrogens (tertiary/aromatic N) is 3. The van der Waals surface area contributed by atoms with Crippen LogP contribution in [-0.2, 0) is 6.42 Å². The van der Waals surface area contributed by atoms with Gasteiger partial charge in [-0.1, -0.05) is 49.6 Å². The highest BCUT2D eigenvalue weighted by atomic mass is 32.1. The van der Waals surface area contributed by atoms with Gasteiger partial charge in [-0.05, 0) is 35.6 Å². The third-order valence-electron chi connectivity index (χ3n) is 5.08. The van der Waals surface area contributed by atoms with Gasteiger partial charge in [0.2, 0.25) is 0 Å². The van der Waals surface area contributed by atoms with Crippen molar-refractivity contribution in [2.24, 2.45) is 0 Å². The van der Waals surface area contributed by atoms with E-state index in [1.165, 1.54) is 10.4 Å².